The van der Waals surface area contributed by atoms with Gasteiger partial charge in [0.1, 0.15) is 6.61 Å². The largest absolute Gasteiger partial charge is 0.475 e. The number of carbonyl (C=O) groups excluding carboxylic acids is 1. The van der Waals surface area contributed by atoms with E-state index in [0.29, 0.717) is 31.4 Å². The number of rotatable bonds is 7. The molecular weight excluding hydrogens is 436 g/mol. The minimum absolute atomic E-state index is 0.0713. The molecule has 1 amide bonds. The maximum atomic E-state index is 13.3. The van der Waals surface area contributed by atoms with Crippen molar-refractivity contribution in [3.05, 3.63) is 70.8 Å². The van der Waals surface area contributed by atoms with Crippen LogP contribution in [0, 0.1) is 0 Å². The van der Waals surface area contributed by atoms with Gasteiger partial charge in [-0.05, 0) is 88.6 Å². The topological polar surface area (TPSA) is 70.9 Å². The fourth-order valence-corrected chi connectivity index (χ4v) is 4.76. The maximum absolute atomic E-state index is 13.3. The van der Waals surface area contributed by atoms with Crippen molar-refractivity contribution in [2.24, 2.45) is 4.99 Å². The van der Waals surface area contributed by atoms with Gasteiger partial charge in [-0.1, -0.05) is 48.6 Å². The van der Waals surface area contributed by atoms with Crippen molar-refractivity contribution in [3.63, 3.8) is 0 Å². The van der Waals surface area contributed by atoms with E-state index in [1.165, 1.54) is 0 Å². The quantitative estimate of drug-likeness (QED) is 0.524. The second kappa shape index (κ2) is 9.98. The Morgan fingerprint density at radius 3 is 2.69 bits per heavy atom. The molecule has 0 saturated heterocycles. The van der Waals surface area contributed by atoms with Crippen LogP contribution >= 0.6 is 0 Å². The first kappa shape index (κ1) is 25.2. The van der Waals surface area contributed by atoms with Crippen LogP contribution in [-0.4, -0.2) is 40.7 Å². The zero-order valence-corrected chi connectivity index (χ0v) is 21.6. The van der Waals surface area contributed by atoms with E-state index in [0.717, 1.165) is 46.2 Å². The monoisotopic (exact) mass is 474 g/mol. The van der Waals surface area contributed by atoms with Crippen molar-refractivity contribution >= 4 is 22.6 Å². The molecule has 0 spiro atoms. The van der Waals surface area contributed by atoms with Gasteiger partial charge in [-0.15, -0.1) is 0 Å². The summed E-state index contributed by atoms with van der Waals surface area (Å²) >= 11 is 0. The Kier molecular flexibility index (Phi) is 7.18. The summed E-state index contributed by atoms with van der Waals surface area (Å²) < 4.78 is 5.90. The first-order chi connectivity index (χ1) is 16.5. The molecule has 1 unspecified atom stereocenters. The van der Waals surface area contributed by atoms with E-state index in [4.69, 9.17) is 9.73 Å². The van der Waals surface area contributed by atoms with Gasteiger partial charge in [-0.25, -0.2) is 4.99 Å². The summed E-state index contributed by atoms with van der Waals surface area (Å²) in [6.07, 6.45) is 7.32. The van der Waals surface area contributed by atoms with Gasteiger partial charge in [0.25, 0.3) is 5.91 Å². The molecule has 1 aliphatic heterocycles. The number of fused-ring (bicyclic) bond motifs is 1. The molecule has 0 aromatic heterocycles. The SMILES string of the molecule is CC1(C)COC(C2=C(CC(O)CCc3ccc4ccccc4c3C(=O)NC(C)(C)C)C=CCC2)=N1. The van der Waals surface area contributed by atoms with Crippen LogP contribution in [-0.2, 0) is 11.2 Å². The molecule has 2 aliphatic rings. The fraction of sp³-hybridized carbons (Fsp3) is 0.467. The first-order valence-corrected chi connectivity index (χ1v) is 12.7. The van der Waals surface area contributed by atoms with Crippen LogP contribution in [0.4, 0.5) is 0 Å². The van der Waals surface area contributed by atoms with Crippen LogP contribution in [0.3, 0.4) is 0 Å². The van der Waals surface area contributed by atoms with E-state index >= 15 is 0 Å². The molecule has 186 valence electrons. The summed E-state index contributed by atoms with van der Waals surface area (Å²) in [5.74, 6) is 0.662. The lowest BCUT2D eigenvalue weighted by Crippen LogP contribution is -2.41. The lowest BCUT2D eigenvalue weighted by molar-refractivity contribution is 0.0919. The van der Waals surface area contributed by atoms with Gasteiger partial charge in [0.2, 0.25) is 5.90 Å². The van der Waals surface area contributed by atoms with Crippen LogP contribution in [0.1, 0.15) is 76.2 Å². The lowest BCUT2D eigenvalue weighted by atomic mass is 9.90. The highest BCUT2D eigenvalue weighted by Crippen LogP contribution is 2.30. The number of hydrogen-bond donors (Lipinski definition) is 2. The number of aliphatic hydroxyl groups is 1. The zero-order valence-electron chi connectivity index (χ0n) is 21.6. The Balaban J connectivity index is 1.54. The fourth-order valence-electron chi connectivity index (χ4n) is 4.76. The molecule has 0 bridgehead atoms. The number of ether oxygens (including phenoxy) is 1. The number of amides is 1. The molecular formula is C30H38N2O3. The molecule has 5 nitrogen and oxygen atoms in total. The van der Waals surface area contributed by atoms with Crippen molar-refractivity contribution in [2.45, 2.75) is 83.9 Å². The van der Waals surface area contributed by atoms with Crippen molar-refractivity contribution < 1.29 is 14.6 Å². The van der Waals surface area contributed by atoms with Crippen LogP contribution < -0.4 is 5.32 Å². The van der Waals surface area contributed by atoms with Gasteiger partial charge in [0.15, 0.2) is 0 Å². The standard InChI is InChI=1S/C30H38N2O3/c1-29(2,3)31-27(34)26-21(15-14-20-10-6-8-12-24(20)26)16-17-23(33)18-22-11-7-9-13-25(22)28-32-30(4,5)19-35-28/h6-8,10-12,14-15,23,33H,9,13,16-19H2,1-5H3,(H,31,34). The van der Waals surface area contributed by atoms with Gasteiger partial charge in [0.05, 0.1) is 17.2 Å². The summed E-state index contributed by atoms with van der Waals surface area (Å²) in [5, 5.41) is 16.1. The molecule has 0 radical (unpaired) electrons. The Labute approximate surface area is 209 Å². The Morgan fingerprint density at radius 1 is 1.20 bits per heavy atom. The second-order valence-corrected chi connectivity index (χ2v) is 11.4. The van der Waals surface area contributed by atoms with Crippen molar-refractivity contribution in [1.29, 1.82) is 0 Å². The van der Waals surface area contributed by atoms with E-state index in [1.807, 2.05) is 51.1 Å². The molecule has 5 heteroatoms. The predicted octanol–water partition coefficient (Wildman–Crippen LogP) is 5.91. The third kappa shape index (κ3) is 6.21. The highest BCUT2D eigenvalue weighted by atomic mass is 16.5. The van der Waals surface area contributed by atoms with Gasteiger partial charge < -0.3 is 15.2 Å². The van der Waals surface area contributed by atoms with Crippen LogP contribution in [0.5, 0.6) is 0 Å². The molecule has 4 rings (SSSR count). The highest BCUT2D eigenvalue weighted by Gasteiger charge is 2.30. The zero-order chi connectivity index (χ0) is 25.2. The van der Waals surface area contributed by atoms with Crippen LogP contribution in [0.2, 0.25) is 0 Å². The predicted molar refractivity (Wildman–Crippen MR) is 143 cm³/mol. The third-order valence-electron chi connectivity index (χ3n) is 6.43. The second-order valence-electron chi connectivity index (χ2n) is 11.4. The van der Waals surface area contributed by atoms with Gasteiger partial charge in [-0.3, -0.25) is 4.79 Å². The van der Waals surface area contributed by atoms with E-state index in [1.54, 1.807) is 0 Å². The third-order valence-corrected chi connectivity index (χ3v) is 6.43. The van der Waals surface area contributed by atoms with E-state index in [9.17, 15) is 9.90 Å². The molecule has 1 atom stereocenters. The summed E-state index contributed by atoms with van der Waals surface area (Å²) in [6.45, 7) is 10.7. The number of allylic oxidation sites excluding steroid dienone is 2. The van der Waals surface area contributed by atoms with Crippen LogP contribution in [0.25, 0.3) is 10.8 Å². The number of aryl methyl sites for hydroxylation is 1. The molecule has 0 saturated carbocycles. The highest BCUT2D eigenvalue weighted by molar-refractivity contribution is 6.08. The van der Waals surface area contributed by atoms with Gasteiger partial charge >= 0.3 is 0 Å². The van der Waals surface area contributed by atoms with Crippen molar-refractivity contribution in [2.75, 3.05) is 6.61 Å². The number of nitrogens with one attached hydrogen (secondary N) is 1. The Morgan fingerprint density at radius 2 is 1.97 bits per heavy atom. The lowest BCUT2D eigenvalue weighted by Gasteiger charge is -2.23. The average Bonchev–Trinajstić information content (AvgIpc) is 3.15. The van der Waals surface area contributed by atoms with Crippen LogP contribution in [0.15, 0.2) is 64.7 Å². The molecule has 35 heavy (non-hydrogen) atoms. The molecule has 0 fully saturated rings. The Bertz CT molecular complexity index is 1200. The minimum Gasteiger partial charge on any atom is -0.475 e. The van der Waals surface area contributed by atoms with Gasteiger partial charge in [-0.2, -0.15) is 0 Å². The number of benzene rings is 2. The number of aliphatic imine (C=N–C) groups is 1. The first-order valence-electron chi connectivity index (χ1n) is 12.7. The average molecular weight is 475 g/mol. The summed E-state index contributed by atoms with van der Waals surface area (Å²) in [4.78, 5) is 18.0. The number of hydrogen-bond acceptors (Lipinski definition) is 4. The number of carbonyl (C=O) groups is 1. The van der Waals surface area contributed by atoms with Crippen molar-refractivity contribution in [3.8, 4) is 0 Å². The molecule has 2 aromatic carbocycles. The summed E-state index contributed by atoms with van der Waals surface area (Å²) in [7, 11) is 0. The normalized spacial score (nSPS) is 18.4. The molecule has 2 aromatic rings. The summed E-state index contributed by atoms with van der Waals surface area (Å²) in [5.41, 5.74) is 3.35. The van der Waals surface area contributed by atoms with Crippen molar-refractivity contribution in [1.82, 2.24) is 5.32 Å². The Hall–Kier alpha value is -2.92. The smallest absolute Gasteiger partial charge is 0.252 e. The van der Waals surface area contributed by atoms with E-state index < -0.39 is 6.10 Å². The molecule has 2 N–H and O–H groups in total. The van der Waals surface area contributed by atoms with E-state index in [2.05, 4.69) is 37.4 Å². The molecule has 1 aliphatic carbocycles. The van der Waals surface area contributed by atoms with Gasteiger partial charge in [0, 0.05) is 11.1 Å². The van der Waals surface area contributed by atoms with E-state index in [-0.39, 0.29) is 17.0 Å². The maximum Gasteiger partial charge on any atom is 0.252 e. The molecule has 1 heterocycles. The summed E-state index contributed by atoms with van der Waals surface area (Å²) in [6, 6.07) is 12.1. The number of nitrogens with zero attached hydrogens (tertiary/aromatic N) is 1. The minimum atomic E-state index is -0.525. The number of aliphatic hydroxyl groups excluding tert-OH is 1.